The Balaban J connectivity index is 1.44. The first-order valence-electron chi connectivity index (χ1n) is 14.4. The van der Waals surface area contributed by atoms with Gasteiger partial charge in [0.1, 0.15) is 17.5 Å². The average molecular weight is 644 g/mol. The second-order valence-corrected chi connectivity index (χ2v) is 12.2. The molecule has 10 nitrogen and oxygen atoms in total. The summed E-state index contributed by atoms with van der Waals surface area (Å²) in [4.78, 5) is 29.4. The molecule has 4 N–H and O–H groups in total. The topological polar surface area (TPSA) is 119 Å². The number of rotatable bonds is 8. The highest BCUT2D eigenvalue weighted by Crippen LogP contribution is 2.47. The van der Waals surface area contributed by atoms with Crippen LogP contribution in [0.4, 0.5) is 24.5 Å². The summed E-state index contributed by atoms with van der Waals surface area (Å²) in [6.07, 6.45) is -4.67. The number of alkyl halides is 3. The Kier molecular flexibility index (Phi) is 8.14. The van der Waals surface area contributed by atoms with Crippen LogP contribution in [-0.4, -0.2) is 47.0 Å². The molecule has 0 amide bonds. The van der Waals surface area contributed by atoms with Gasteiger partial charge in [-0.1, -0.05) is 13.0 Å². The fraction of sp³-hybridized carbons (Fsp3) is 0.355. The average Bonchev–Trinajstić information content (AvgIpc) is 3.56. The van der Waals surface area contributed by atoms with Crippen LogP contribution in [0.1, 0.15) is 53.6 Å². The fourth-order valence-corrected chi connectivity index (χ4v) is 7.08. The number of hydrazine groups is 2. The minimum Gasteiger partial charge on any atom is -0.487 e. The number of fused-ring (bicyclic) bond motifs is 3. The maximum absolute atomic E-state index is 13.5. The highest BCUT2D eigenvalue weighted by Gasteiger charge is 2.37. The maximum atomic E-state index is 13.5. The zero-order chi connectivity index (χ0) is 32.0. The fourth-order valence-electron chi connectivity index (χ4n) is 6.19. The smallest absolute Gasteiger partial charge is 0.487 e. The van der Waals surface area contributed by atoms with Crippen LogP contribution in [0, 0.1) is 6.92 Å². The van der Waals surface area contributed by atoms with Crippen molar-refractivity contribution in [3.05, 3.63) is 80.1 Å². The second kappa shape index (κ2) is 11.9. The molecule has 238 valence electrons. The SMILES string of the molecule is CC[C@@H]1CN(Cc2cc([C@@H](CC(=O)O)c3cc(OC(F)(F)F)c4c(c3C)NNN4C)cc3ccsc23)Cc2[nH]c(=O)ccc2O1. The molecule has 4 aromatic rings. The van der Waals surface area contributed by atoms with E-state index < -0.39 is 24.0 Å². The van der Waals surface area contributed by atoms with Crippen LogP contribution >= 0.6 is 11.3 Å². The lowest BCUT2D eigenvalue weighted by molar-refractivity contribution is -0.274. The van der Waals surface area contributed by atoms with Crippen molar-refractivity contribution in [1.82, 2.24) is 15.4 Å². The number of ether oxygens (including phenoxy) is 2. The van der Waals surface area contributed by atoms with Crippen molar-refractivity contribution in [2.45, 2.75) is 58.2 Å². The highest BCUT2D eigenvalue weighted by atomic mass is 32.1. The van der Waals surface area contributed by atoms with Crippen LogP contribution in [0.15, 0.2) is 46.6 Å². The van der Waals surface area contributed by atoms with E-state index in [2.05, 4.69) is 25.6 Å². The Morgan fingerprint density at radius 1 is 1.24 bits per heavy atom. The molecule has 0 radical (unpaired) electrons. The van der Waals surface area contributed by atoms with E-state index in [-0.39, 0.29) is 23.8 Å². The lowest BCUT2D eigenvalue weighted by atomic mass is 9.84. The Labute approximate surface area is 260 Å². The van der Waals surface area contributed by atoms with E-state index in [1.807, 2.05) is 30.5 Å². The summed E-state index contributed by atoms with van der Waals surface area (Å²) >= 11 is 1.56. The number of H-pyrrole nitrogens is 1. The summed E-state index contributed by atoms with van der Waals surface area (Å²) < 4.78 is 52.2. The first-order chi connectivity index (χ1) is 21.4. The van der Waals surface area contributed by atoms with Gasteiger partial charge >= 0.3 is 12.3 Å². The Morgan fingerprint density at radius 2 is 2.04 bits per heavy atom. The van der Waals surface area contributed by atoms with Crippen molar-refractivity contribution in [3.8, 4) is 11.5 Å². The third-order valence-electron chi connectivity index (χ3n) is 8.23. The van der Waals surface area contributed by atoms with Gasteiger partial charge in [0.15, 0.2) is 5.75 Å². The number of benzene rings is 2. The van der Waals surface area contributed by atoms with E-state index in [0.29, 0.717) is 53.5 Å². The van der Waals surface area contributed by atoms with E-state index in [1.165, 1.54) is 17.1 Å². The lowest BCUT2D eigenvalue weighted by Crippen LogP contribution is -2.32. The molecule has 0 aliphatic carbocycles. The number of hydrogen-bond acceptors (Lipinski definition) is 9. The summed E-state index contributed by atoms with van der Waals surface area (Å²) in [6.45, 7) is 5.29. The van der Waals surface area contributed by atoms with Gasteiger partial charge in [0.05, 0.1) is 17.8 Å². The van der Waals surface area contributed by atoms with Crippen LogP contribution in [0.2, 0.25) is 0 Å². The predicted octanol–water partition coefficient (Wildman–Crippen LogP) is 5.86. The molecule has 14 heteroatoms. The molecule has 0 spiro atoms. The van der Waals surface area contributed by atoms with Crippen LogP contribution in [0.3, 0.4) is 0 Å². The molecular weight excluding hydrogens is 611 g/mol. The van der Waals surface area contributed by atoms with E-state index in [4.69, 9.17) is 4.74 Å². The highest BCUT2D eigenvalue weighted by molar-refractivity contribution is 7.17. The number of thiophene rings is 1. The minimum absolute atomic E-state index is 0.112. The quantitative estimate of drug-likeness (QED) is 0.187. The van der Waals surface area contributed by atoms with Crippen molar-refractivity contribution in [2.75, 3.05) is 24.0 Å². The van der Waals surface area contributed by atoms with E-state index in [9.17, 15) is 27.9 Å². The Morgan fingerprint density at radius 3 is 2.78 bits per heavy atom. The molecule has 0 saturated heterocycles. The number of carboxylic acids is 1. The number of aromatic nitrogens is 1. The van der Waals surface area contributed by atoms with Crippen LogP contribution in [0.5, 0.6) is 11.5 Å². The van der Waals surface area contributed by atoms with Gasteiger partial charge in [-0.3, -0.25) is 19.5 Å². The molecule has 2 aromatic carbocycles. The first-order valence-corrected chi connectivity index (χ1v) is 15.3. The van der Waals surface area contributed by atoms with Gasteiger partial charge in [0.25, 0.3) is 0 Å². The number of anilines is 2. The van der Waals surface area contributed by atoms with Crippen LogP contribution < -0.4 is 31.0 Å². The number of hydrogen-bond donors (Lipinski definition) is 4. The number of aromatic amines is 1. The third-order valence-corrected chi connectivity index (χ3v) is 9.23. The van der Waals surface area contributed by atoms with Gasteiger partial charge in [-0.2, -0.15) is 0 Å². The standard InChI is InChI=1S/C31H32F3N5O5S/c1-4-20-14-39(15-23-24(43-20)5-6-26(40)35-23)13-19-10-18(9-17-7-8-45-30(17)19)22(12-27(41)42)21-11-25(44-31(32,33)34)29-28(16(21)2)36-37-38(29)3/h5-11,20,22,36-37H,4,12-15H2,1-3H3,(H,35,40)(H,41,42)/t20-,22-/m1/s1. The number of pyridine rings is 1. The Bertz CT molecular complexity index is 1820. The second-order valence-electron chi connectivity index (χ2n) is 11.3. The van der Waals surface area contributed by atoms with Gasteiger partial charge in [-0.25, -0.2) is 0 Å². The molecule has 2 aliphatic heterocycles. The van der Waals surface area contributed by atoms with Crippen molar-refractivity contribution >= 4 is 38.8 Å². The molecular formula is C31H32F3N5O5S. The van der Waals surface area contributed by atoms with Crippen molar-refractivity contribution in [3.63, 3.8) is 0 Å². The number of carbonyl (C=O) groups is 1. The molecule has 2 aromatic heterocycles. The molecule has 2 atom stereocenters. The molecule has 0 unspecified atom stereocenters. The summed E-state index contributed by atoms with van der Waals surface area (Å²) in [5.74, 6) is -1.68. The number of halogens is 3. The van der Waals surface area contributed by atoms with E-state index in [0.717, 1.165) is 22.1 Å². The molecule has 4 heterocycles. The molecule has 0 saturated carbocycles. The summed E-state index contributed by atoms with van der Waals surface area (Å²) in [6, 6.07) is 10.2. The molecule has 2 aliphatic rings. The summed E-state index contributed by atoms with van der Waals surface area (Å²) in [5.41, 5.74) is 9.29. The molecule has 45 heavy (non-hydrogen) atoms. The minimum atomic E-state index is -4.95. The van der Waals surface area contributed by atoms with Crippen molar-refractivity contribution < 1.29 is 32.5 Å². The van der Waals surface area contributed by atoms with Gasteiger partial charge in [-0.05, 0) is 70.6 Å². The lowest BCUT2D eigenvalue weighted by Gasteiger charge is -2.26. The van der Waals surface area contributed by atoms with Gasteiger partial charge < -0.3 is 25.0 Å². The molecule has 0 fully saturated rings. The van der Waals surface area contributed by atoms with Crippen LogP contribution in [0.25, 0.3) is 10.1 Å². The predicted molar refractivity (Wildman–Crippen MR) is 165 cm³/mol. The van der Waals surface area contributed by atoms with Gasteiger partial charge in [0.2, 0.25) is 5.56 Å². The van der Waals surface area contributed by atoms with Crippen molar-refractivity contribution in [2.24, 2.45) is 0 Å². The largest absolute Gasteiger partial charge is 0.573 e. The van der Waals surface area contributed by atoms with E-state index >= 15 is 0 Å². The van der Waals surface area contributed by atoms with Crippen molar-refractivity contribution in [1.29, 1.82) is 0 Å². The summed E-state index contributed by atoms with van der Waals surface area (Å²) in [5, 5.41) is 14.2. The van der Waals surface area contributed by atoms with Gasteiger partial charge in [0, 0.05) is 43.4 Å². The van der Waals surface area contributed by atoms with Crippen LogP contribution in [-0.2, 0) is 17.9 Å². The monoisotopic (exact) mass is 643 g/mol. The maximum Gasteiger partial charge on any atom is 0.573 e. The number of aliphatic carboxylic acids is 1. The van der Waals surface area contributed by atoms with E-state index in [1.54, 1.807) is 31.4 Å². The normalized spacial score (nSPS) is 17.3. The van der Waals surface area contributed by atoms with Gasteiger partial charge in [-0.15, -0.1) is 30.0 Å². The first kappa shape index (κ1) is 30.7. The zero-order valence-corrected chi connectivity index (χ0v) is 25.6. The number of nitrogens with zero attached hydrogens (tertiary/aromatic N) is 2. The summed E-state index contributed by atoms with van der Waals surface area (Å²) in [7, 11) is 1.55. The molecule has 6 rings (SSSR count). The number of carboxylic acid groups (broad SMARTS) is 1. The molecule has 0 bridgehead atoms. The zero-order valence-electron chi connectivity index (χ0n) is 24.7. The third kappa shape index (κ3) is 6.30. The Hall–Kier alpha value is -4.27. The number of nitrogens with one attached hydrogen (secondary N) is 3.